The minimum Gasteiger partial charge on any atom is -0.435 e. The summed E-state index contributed by atoms with van der Waals surface area (Å²) in [5, 5.41) is 0. The standard InChI is InChI=1S/C18H24N2O3/c1-6-22-18(21)23-15(5)20-10-17(19-11-20)14(4)16-9-7-8-12(2)13(16)3/h7-11,14-15H,6H2,1-5H3/t14-,15?/m0/s1. The van der Waals surface area contributed by atoms with Gasteiger partial charge in [0.15, 0.2) is 6.23 Å². The van der Waals surface area contributed by atoms with Crippen molar-refractivity contribution in [2.24, 2.45) is 0 Å². The molecular weight excluding hydrogens is 292 g/mol. The first-order valence-electron chi connectivity index (χ1n) is 7.87. The van der Waals surface area contributed by atoms with Crippen LogP contribution in [0.15, 0.2) is 30.7 Å². The maximum absolute atomic E-state index is 11.4. The third-order valence-corrected chi connectivity index (χ3v) is 4.13. The number of imidazole rings is 1. The Morgan fingerprint density at radius 3 is 2.74 bits per heavy atom. The number of ether oxygens (including phenoxy) is 2. The van der Waals surface area contributed by atoms with Crippen LogP contribution in [0.3, 0.4) is 0 Å². The van der Waals surface area contributed by atoms with E-state index in [0.29, 0.717) is 6.61 Å². The number of carbonyl (C=O) groups is 1. The Morgan fingerprint density at radius 1 is 1.30 bits per heavy atom. The van der Waals surface area contributed by atoms with E-state index in [1.165, 1.54) is 16.7 Å². The van der Waals surface area contributed by atoms with Crippen molar-refractivity contribution < 1.29 is 14.3 Å². The molecule has 2 rings (SSSR count). The molecule has 0 fully saturated rings. The van der Waals surface area contributed by atoms with Crippen molar-refractivity contribution >= 4 is 6.16 Å². The second-order valence-electron chi connectivity index (χ2n) is 5.66. The molecular formula is C18H24N2O3. The lowest BCUT2D eigenvalue weighted by Gasteiger charge is -2.15. The van der Waals surface area contributed by atoms with Crippen LogP contribution in [-0.2, 0) is 9.47 Å². The number of aryl methyl sites for hydroxylation is 1. The topological polar surface area (TPSA) is 53.4 Å². The van der Waals surface area contributed by atoms with Crippen molar-refractivity contribution in [2.75, 3.05) is 6.61 Å². The number of aromatic nitrogens is 2. The summed E-state index contributed by atoms with van der Waals surface area (Å²) in [6.45, 7) is 10.2. The van der Waals surface area contributed by atoms with Crippen molar-refractivity contribution in [3.8, 4) is 0 Å². The normalized spacial score (nSPS) is 13.4. The van der Waals surface area contributed by atoms with Gasteiger partial charge in [-0.15, -0.1) is 0 Å². The summed E-state index contributed by atoms with van der Waals surface area (Å²) < 4.78 is 11.7. The van der Waals surface area contributed by atoms with E-state index in [0.717, 1.165) is 5.69 Å². The maximum atomic E-state index is 11.4. The van der Waals surface area contributed by atoms with Gasteiger partial charge in [0, 0.05) is 12.1 Å². The van der Waals surface area contributed by atoms with Gasteiger partial charge < -0.3 is 14.0 Å². The number of nitrogens with zero attached hydrogens (tertiary/aromatic N) is 2. The van der Waals surface area contributed by atoms with Gasteiger partial charge in [-0.2, -0.15) is 0 Å². The quantitative estimate of drug-likeness (QED) is 0.770. The number of hydrogen-bond donors (Lipinski definition) is 0. The SMILES string of the molecule is CCOC(=O)OC(C)n1cnc([C@@H](C)c2cccc(C)c2C)c1. The maximum Gasteiger partial charge on any atom is 0.510 e. The summed E-state index contributed by atoms with van der Waals surface area (Å²) in [5.41, 5.74) is 4.75. The lowest BCUT2D eigenvalue weighted by molar-refractivity contribution is 0.00633. The molecule has 2 atom stereocenters. The number of benzene rings is 1. The lowest BCUT2D eigenvalue weighted by atomic mass is 9.92. The smallest absolute Gasteiger partial charge is 0.435 e. The zero-order chi connectivity index (χ0) is 17.0. The van der Waals surface area contributed by atoms with E-state index in [1.807, 2.05) is 6.20 Å². The van der Waals surface area contributed by atoms with E-state index in [4.69, 9.17) is 9.47 Å². The minimum absolute atomic E-state index is 0.172. The fourth-order valence-electron chi connectivity index (χ4n) is 2.53. The molecule has 5 heteroatoms. The van der Waals surface area contributed by atoms with Crippen molar-refractivity contribution in [1.82, 2.24) is 9.55 Å². The molecule has 23 heavy (non-hydrogen) atoms. The fraction of sp³-hybridized carbons (Fsp3) is 0.444. The Kier molecular flexibility index (Phi) is 5.42. The first-order chi connectivity index (χ1) is 10.9. The first-order valence-corrected chi connectivity index (χ1v) is 7.87. The van der Waals surface area contributed by atoms with Crippen molar-refractivity contribution in [3.63, 3.8) is 0 Å². The molecule has 0 saturated carbocycles. The molecule has 0 radical (unpaired) electrons. The molecule has 0 aliphatic heterocycles. The highest BCUT2D eigenvalue weighted by atomic mass is 16.7. The predicted molar refractivity (Wildman–Crippen MR) is 88.5 cm³/mol. The highest BCUT2D eigenvalue weighted by molar-refractivity contribution is 5.59. The highest BCUT2D eigenvalue weighted by Crippen LogP contribution is 2.27. The third kappa shape index (κ3) is 3.92. The Morgan fingerprint density at radius 2 is 2.04 bits per heavy atom. The van der Waals surface area contributed by atoms with Gasteiger partial charge in [-0.3, -0.25) is 0 Å². The number of rotatable bonds is 5. The minimum atomic E-state index is -0.669. The van der Waals surface area contributed by atoms with Gasteiger partial charge in [0.1, 0.15) is 0 Å². The summed E-state index contributed by atoms with van der Waals surface area (Å²) >= 11 is 0. The van der Waals surface area contributed by atoms with E-state index in [9.17, 15) is 4.79 Å². The van der Waals surface area contributed by atoms with Crippen LogP contribution in [0.5, 0.6) is 0 Å². The van der Waals surface area contributed by atoms with E-state index in [2.05, 4.69) is 44.0 Å². The predicted octanol–water partition coefficient (Wildman–Crippen LogP) is 4.34. The molecule has 1 heterocycles. The van der Waals surface area contributed by atoms with Crippen LogP contribution in [0.4, 0.5) is 4.79 Å². The molecule has 1 aromatic carbocycles. The van der Waals surface area contributed by atoms with E-state index in [-0.39, 0.29) is 5.92 Å². The summed E-state index contributed by atoms with van der Waals surface area (Å²) in [5.74, 6) is 0.172. The molecule has 5 nitrogen and oxygen atoms in total. The van der Waals surface area contributed by atoms with Gasteiger partial charge in [-0.25, -0.2) is 9.78 Å². The van der Waals surface area contributed by atoms with Crippen molar-refractivity contribution in [3.05, 3.63) is 53.1 Å². The summed E-state index contributed by atoms with van der Waals surface area (Å²) in [4.78, 5) is 15.9. The van der Waals surface area contributed by atoms with Gasteiger partial charge >= 0.3 is 6.16 Å². The molecule has 0 amide bonds. The van der Waals surface area contributed by atoms with E-state index >= 15 is 0 Å². The molecule has 0 spiro atoms. The summed E-state index contributed by atoms with van der Waals surface area (Å²) in [6, 6.07) is 6.31. The Balaban J connectivity index is 2.15. The molecule has 124 valence electrons. The Bertz CT molecular complexity index is 679. The van der Waals surface area contributed by atoms with Gasteiger partial charge in [-0.1, -0.05) is 25.1 Å². The second-order valence-corrected chi connectivity index (χ2v) is 5.66. The van der Waals surface area contributed by atoms with Crippen LogP contribution < -0.4 is 0 Å². The van der Waals surface area contributed by atoms with Gasteiger partial charge in [-0.05, 0) is 44.4 Å². The van der Waals surface area contributed by atoms with Crippen LogP contribution in [0.2, 0.25) is 0 Å². The number of carbonyl (C=O) groups excluding carboxylic acids is 1. The largest absolute Gasteiger partial charge is 0.510 e. The lowest BCUT2D eigenvalue weighted by Crippen LogP contribution is -2.14. The number of hydrogen-bond acceptors (Lipinski definition) is 4. The molecule has 2 aromatic rings. The van der Waals surface area contributed by atoms with Crippen LogP contribution in [0, 0.1) is 13.8 Å². The molecule has 0 aliphatic rings. The summed E-state index contributed by atoms with van der Waals surface area (Å²) in [6.07, 6.45) is 2.47. The molecule has 0 aliphatic carbocycles. The second kappa shape index (κ2) is 7.31. The van der Waals surface area contributed by atoms with Gasteiger partial charge in [0.05, 0.1) is 18.6 Å². The average molecular weight is 316 g/mol. The van der Waals surface area contributed by atoms with E-state index in [1.54, 1.807) is 24.7 Å². The van der Waals surface area contributed by atoms with Crippen LogP contribution in [0.1, 0.15) is 55.3 Å². The monoisotopic (exact) mass is 316 g/mol. The van der Waals surface area contributed by atoms with Gasteiger partial charge in [0.2, 0.25) is 0 Å². The zero-order valence-corrected chi connectivity index (χ0v) is 14.4. The zero-order valence-electron chi connectivity index (χ0n) is 14.4. The molecule has 0 bridgehead atoms. The van der Waals surface area contributed by atoms with Crippen molar-refractivity contribution in [2.45, 2.75) is 46.8 Å². The Labute approximate surface area is 137 Å². The van der Waals surface area contributed by atoms with Crippen LogP contribution in [-0.4, -0.2) is 22.3 Å². The molecule has 0 saturated heterocycles. The molecule has 1 aromatic heterocycles. The first kappa shape index (κ1) is 17.1. The van der Waals surface area contributed by atoms with Gasteiger partial charge in [0.25, 0.3) is 0 Å². The fourth-order valence-corrected chi connectivity index (χ4v) is 2.53. The average Bonchev–Trinajstić information content (AvgIpc) is 2.99. The highest BCUT2D eigenvalue weighted by Gasteiger charge is 2.17. The summed E-state index contributed by atoms with van der Waals surface area (Å²) in [7, 11) is 0. The molecule has 0 N–H and O–H groups in total. The van der Waals surface area contributed by atoms with Crippen molar-refractivity contribution in [1.29, 1.82) is 0 Å². The van der Waals surface area contributed by atoms with Crippen LogP contribution >= 0.6 is 0 Å². The third-order valence-electron chi connectivity index (χ3n) is 4.13. The Hall–Kier alpha value is -2.30. The van der Waals surface area contributed by atoms with E-state index < -0.39 is 12.4 Å². The molecule has 1 unspecified atom stereocenters. The van der Waals surface area contributed by atoms with Crippen LogP contribution in [0.25, 0.3) is 0 Å².